The van der Waals surface area contributed by atoms with Crippen LogP contribution in [0.2, 0.25) is 0 Å². The molecule has 1 unspecified atom stereocenters. The smallest absolute Gasteiger partial charge is 0.353 e. The zero-order valence-electron chi connectivity index (χ0n) is 8.22. The molecule has 84 valence electrons. The van der Waals surface area contributed by atoms with Gasteiger partial charge < -0.3 is 9.84 Å². The van der Waals surface area contributed by atoms with Crippen molar-refractivity contribution in [3.63, 3.8) is 0 Å². The van der Waals surface area contributed by atoms with E-state index in [2.05, 4.69) is 4.74 Å². The Kier molecular flexibility index (Phi) is 3.53. The van der Waals surface area contributed by atoms with Crippen LogP contribution in [-0.4, -0.2) is 17.4 Å². The summed E-state index contributed by atoms with van der Waals surface area (Å²) in [5.74, 6) is -0.0233. The predicted molar refractivity (Wildman–Crippen MR) is 62.7 cm³/mol. The first-order valence-electron chi connectivity index (χ1n) is 4.64. The predicted octanol–water partition coefficient (Wildman–Crippen LogP) is 2.25. The molecular weight excluding hydrogens is 248 g/mol. The first-order chi connectivity index (χ1) is 7.68. The third kappa shape index (κ3) is 2.40. The highest BCUT2D eigenvalue weighted by molar-refractivity contribution is 8.02. The van der Waals surface area contributed by atoms with E-state index in [0.29, 0.717) is 10.7 Å². The minimum Gasteiger partial charge on any atom is -0.427 e. The number of ether oxygens (including phenoxy) is 1. The number of hydrogen-bond acceptors (Lipinski definition) is 4. The van der Waals surface area contributed by atoms with E-state index in [1.165, 1.54) is 11.8 Å². The standard InChI is InChI=1S/C11H9ClO3S/c12-8-9(11(14)15-10(8)13)16-6-7-4-2-1-3-5-7/h1-5,11,14H,6H2. The lowest BCUT2D eigenvalue weighted by molar-refractivity contribution is -0.150. The fourth-order valence-electron chi connectivity index (χ4n) is 1.29. The van der Waals surface area contributed by atoms with E-state index in [1.54, 1.807) is 0 Å². The summed E-state index contributed by atoms with van der Waals surface area (Å²) in [6, 6.07) is 9.71. The lowest BCUT2D eigenvalue weighted by Gasteiger charge is -2.06. The van der Waals surface area contributed by atoms with Gasteiger partial charge >= 0.3 is 5.97 Å². The highest BCUT2D eigenvalue weighted by atomic mass is 35.5. The fraction of sp³-hybridized carbons (Fsp3) is 0.182. The van der Waals surface area contributed by atoms with Crippen molar-refractivity contribution in [3.05, 3.63) is 45.8 Å². The quantitative estimate of drug-likeness (QED) is 0.843. The second-order valence-corrected chi connectivity index (χ2v) is 4.61. The maximum Gasteiger partial charge on any atom is 0.353 e. The summed E-state index contributed by atoms with van der Waals surface area (Å²) in [6.45, 7) is 0. The van der Waals surface area contributed by atoms with Crippen molar-refractivity contribution in [3.8, 4) is 0 Å². The van der Waals surface area contributed by atoms with Gasteiger partial charge in [-0.15, -0.1) is 11.8 Å². The van der Waals surface area contributed by atoms with E-state index >= 15 is 0 Å². The molecule has 16 heavy (non-hydrogen) atoms. The lowest BCUT2D eigenvalue weighted by Crippen LogP contribution is -2.08. The molecule has 2 rings (SSSR count). The van der Waals surface area contributed by atoms with Crippen LogP contribution >= 0.6 is 23.4 Å². The summed E-state index contributed by atoms with van der Waals surface area (Å²) in [5.41, 5.74) is 1.09. The first kappa shape index (κ1) is 11.5. The van der Waals surface area contributed by atoms with Crippen LogP contribution in [0.1, 0.15) is 5.56 Å². The van der Waals surface area contributed by atoms with Gasteiger partial charge in [-0.3, -0.25) is 0 Å². The Morgan fingerprint density at radius 2 is 2.06 bits per heavy atom. The number of thioether (sulfide) groups is 1. The molecule has 1 aliphatic rings. The van der Waals surface area contributed by atoms with Crippen molar-refractivity contribution >= 4 is 29.3 Å². The van der Waals surface area contributed by atoms with Crippen molar-refractivity contribution in [1.82, 2.24) is 0 Å². The Morgan fingerprint density at radius 1 is 1.38 bits per heavy atom. The molecule has 0 fully saturated rings. The number of cyclic esters (lactones) is 1. The van der Waals surface area contributed by atoms with Gasteiger partial charge in [-0.2, -0.15) is 0 Å². The van der Waals surface area contributed by atoms with E-state index in [0.717, 1.165) is 5.56 Å². The second-order valence-electron chi connectivity index (χ2n) is 3.21. The zero-order valence-corrected chi connectivity index (χ0v) is 9.79. The van der Waals surface area contributed by atoms with Crippen molar-refractivity contribution < 1.29 is 14.6 Å². The number of esters is 1. The maximum atomic E-state index is 11.0. The molecule has 1 aromatic rings. The largest absolute Gasteiger partial charge is 0.427 e. The third-order valence-corrected chi connectivity index (χ3v) is 3.74. The van der Waals surface area contributed by atoms with Gasteiger partial charge in [0.15, 0.2) is 0 Å². The van der Waals surface area contributed by atoms with Gasteiger partial charge in [0.1, 0.15) is 5.03 Å². The molecule has 1 aromatic carbocycles. The van der Waals surface area contributed by atoms with Crippen molar-refractivity contribution in [2.24, 2.45) is 0 Å². The summed E-state index contributed by atoms with van der Waals surface area (Å²) < 4.78 is 4.56. The number of hydrogen-bond donors (Lipinski definition) is 1. The third-order valence-electron chi connectivity index (χ3n) is 2.08. The van der Waals surface area contributed by atoms with E-state index in [9.17, 15) is 9.90 Å². The van der Waals surface area contributed by atoms with E-state index < -0.39 is 12.3 Å². The normalized spacial score (nSPS) is 20.1. The number of rotatable bonds is 3. The van der Waals surface area contributed by atoms with Crippen LogP contribution in [-0.2, 0) is 15.3 Å². The molecule has 0 bridgehead atoms. The molecule has 0 aliphatic carbocycles. The van der Waals surface area contributed by atoms with Gasteiger partial charge in [0.2, 0.25) is 6.29 Å². The Balaban J connectivity index is 2.04. The summed E-state index contributed by atoms with van der Waals surface area (Å²) in [5, 5.41) is 9.38. The van der Waals surface area contributed by atoms with Gasteiger partial charge in [0.05, 0.1) is 4.91 Å². The van der Waals surface area contributed by atoms with E-state index in [-0.39, 0.29) is 5.03 Å². The molecule has 1 heterocycles. The average molecular weight is 257 g/mol. The summed E-state index contributed by atoms with van der Waals surface area (Å²) in [4.78, 5) is 11.4. The van der Waals surface area contributed by atoms with Crippen LogP contribution in [0.15, 0.2) is 40.3 Å². The second kappa shape index (κ2) is 4.91. The number of halogens is 1. The Bertz CT molecular complexity index is 430. The molecule has 3 nitrogen and oxygen atoms in total. The zero-order chi connectivity index (χ0) is 11.5. The molecule has 5 heteroatoms. The van der Waals surface area contributed by atoms with Crippen LogP contribution in [0, 0.1) is 0 Å². The number of carbonyl (C=O) groups excluding carboxylic acids is 1. The molecule has 1 atom stereocenters. The van der Waals surface area contributed by atoms with Gasteiger partial charge in [-0.25, -0.2) is 4.79 Å². The van der Waals surface area contributed by atoms with Crippen LogP contribution in [0.3, 0.4) is 0 Å². The van der Waals surface area contributed by atoms with Gasteiger partial charge in [0.25, 0.3) is 0 Å². The topological polar surface area (TPSA) is 46.5 Å². The minimum atomic E-state index is -1.21. The molecule has 0 saturated carbocycles. The maximum absolute atomic E-state index is 11.0. The molecule has 0 radical (unpaired) electrons. The highest BCUT2D eigenvalue weighted by Crippen LogP contribution is 2.34. The van der Waals surface area contributed by atoms with Crippen LogP contribution < -0.4 is 0 Å². The molecule has 0 aromatic heterocycles. The number of aliphatic hydroxyl groups excluding tert-OH is 1. The first-order valence-corrected chi connectivity index (χ1v) is 6.00. The van der Waals surface area contributed by atoms with Crippen LogP contribution in [0.5, 0.6) is 0 Å². The Labute approximate surface area is 102 Å². The van der Waals surface area contributed by atoms with Gasteiger partial charge in [0, 0.05) is 5.75 Å². The minimum absolute atomic E-state index is 0.0200. The Morgan fingerprint density at radius 3 is 2.62 bits per heavy atom. The monoisotopic (exact) mass is 256 g/mol. The van der Waals surface area contributed by atoms with Crippen molar-refractivity contribution in [1.29, 1.82) is 0 Å². The van der Waals surface area contributed by atoms with Crippen molar-refractivity contribution in [2.75, 3.05) is 0 Å². The molecular formula is C11H9ClO3S. The molecule has 0 spiro atoms. The SMILES string of the molecule is O=C1OC(O)C(SCc2ccccc2)=C1Cl. The van der Waals surface area contributed by atoms with Gasteiger partial charge in [-0.1, -0.05) is 41.9 Å². The van der Waals surface area contributed by atoms with Gasteiger partial charge in [-0.05, 0) is 5.56 Å². The lowest BCUT2D eigenvalue weighted by atomic mass is 10.2. The summed E-state index contributed by atoms with van der Waals surface area (Å²) >= 11 is 7.02. The summed E-state index contributed by atoms with van der Waals surface area (Å²) in [6.07, 6.45) is -1.21. The average Bonchev–Trinajstić information content (AvgIpc) is 2.53. The number of carbonyl (C=O) groups is 1. The number of benzene rings is 1. The highest BCUT2D eigenvalue weighted by Gasteiger charge is 2.31. The molecule has 0 amide bonds. The molecule has 0 saturated heterocycles. The van der Waals surface area contributed by atoms with Crippen molar-refractivity contribution in [2.45, 2.75) is 12.0 Å². The van der Waals surface area contributed by atoms with Crippen LogP contribution in [0.4, 0.5) is 0 Å². The van der Waals surface area contributed by atoms with Crippen LogP contribution in [0.25, 0.3) is 0 Å². The van der Waals surface area contributed by atoms with E-state index in [1.807, 2.05) is 30.3 Å². The number of aliphatic hydroxyl groups is 1. The van der Waals surface area contributed by atoms with E-state index in [4.69, 9.17) is 11.6 Å². The Hall–Kier alpha value is -0.970. The fourth-order valence-corrected chi connectivity index (χ4v) is 2.50. The summed E-state index contributed by atoms with van der Waals surface area (Å²) in [7, 11) is 0. The molecule has 1 aliphatic heterocycles. The molecule has 1 N–H and O–H groups in total.